The largest absolute Gasteiger partial charge is 0.496 e. The van der Waals surface area contributed by atoms with Crippen LogP contribution in [0.15, 0.2) is 59.1 Å². The Labute approximate surface area is 203 Å². The third kappa shape index (κ3) is 4.87. The Morgan fingerprint density at radius 2 is 2.09 bits per heavy atom. The van der Waals surface area contributed by atoms with Gasteiger partial charge in [-0.25, -0.2) is 0 Å². The minimum atomic E-state index is -0.450. The smallest absolute Gasteiger partial charge is 0.273 e. The zero-order valence-corrected chi connectivity index (χ0v) is 20.1. The highest BCUT2D eigenvalue weighted by molar-refractivity contribution is 7.80. The average Bonchev–Trinajstić information content (AvgIpc) is 3.43. The summed E-state index contributed by atoms with van der Waals surface area (Å²) < 4.78 is 11.7. The molecular formula is C24H27N5O4S. The first-order valence-electron chi connectivity index (χ1n) is 10.9. The summed E-state index contributed by atoms with van der Waals surface area (Å²) in [6.07, 6.45) is 2.70. The van der Waals surface area contributed by atoms with Gasteiger partial charge in [-0.1, -0.05) is 6.07 Å². The van der Waals surface area contributed by atoms with Gasteiger partial charge in [0.2, 0.25) is 0 Å². The highest BCUT2D eigenvalue weighted by atomic mass is 32.1. The maximum atomic E-state index is 11.2. The second-order valence-electron chi connectivity index (χ2n) is 8.32. The fourth-order valence-corrected chi connectivity index (χ4v) is 4.50. The maximum absolute atomic E-state index is 11.2. The van der Waals surface area contributed by atoms with Crippen LogP contribution in [0.5, 0.6) is 5.75 Å². The van der Waals surface area contributed by atoms with E-state index in [1.165, 1.54) is 19.2 Å². The van der Waals surface area contributed by atoms with Crippen molar-refractivity contribution in [2.24, 2.45) is 0 Å². The molecule has 0 spiro atoms. The third-order valence-electron chi connectivity index (χ3n) is 5.78. The molecule has 3 heterocycles. The molecule has 0 radical (unpaired) electrons. The Kier molecular flexibility index (Phi) is 7.09. The summed E-state index contributed by atoms with van der Waals surface area (Å²) in [5.41, 5.74) is 1.47. The van der Waals surface area contributed by atoms with Crippen LogP contribution in [0.4, 0.5) is 5.69 Å². The normalized spacial score (nSPS) is 17.8. The van der Waals surface area contributed by atoms with Gasteiger partial charge in [-0.2, -0.15) is 0 Å². The molecule has 0 saturated carbocycles. The van der Waals surface area contributed by atoms with Crippen LogP contribution in [-0.4, -0.2) is 59.1 Å². The molecule has 0 amide bonds. The number of pyridine rings is 1. The number of hydrogen-bond acceptors (Lipinski definition) is 7. The van der Waals surface area contributed by atoms with Crippen molar-refractivity contribution < 1.29 is 14.1 Å². The van der Waals surface area contributed by atoms with Crippen LogP contribution in [0.1, 0.15) is 30.0 Å². The number of nitro groups is 1. The van der Waals surface area contributed by atoms with Gasteiger partial charge < -0.3 is 24.3 Å². The molecular weight excluding hydrogens is 454 g/mol. The van der Waals surface area contributed by atoms with Crippen LogP contribution >= 0.6 is 12.2 Å². The topological polar surface area (TPSA) is 96.9 Å². The molecule has 1 fully saturated rings. The average molecular weight is 482 g/mol. The monoisotopic (exact) mass is 481 g/mol. The summed E-state index contributed by atoms with van der Waals surface area (Å²) in [6.45, 7) is 1.69. The summed E-state index contributed by atoms with van der Waals surface area (Å²) in [7, 11) is 5.57. The lowest BCUT2D eigenvalue weighted by Crippen LogP contribution is -2.32. The van der Waals surface area contributed by atoms with E-state index in [1.807, 2.05) is 44.4 Å². The highest BCUT2D eigenvalue weighted by Gasteiger charge is 2.41. The number of aromatic nitrogens is 1. The van der Waals surface area contributed by atoms with Crippen molar-refractivity contribution in [1.29, 1.82) is 0 Å². The van der Waals surface area contributed by atoms with E-state index >= 15 is 0 Å². The predicted molar refractivity (Wildman–Crippen MR) is 133 cm³/mol. The third-order valence-corrected chi connectivity index (χ3v) is 6.13. The van der Waals surface area contributed by atoms with Gasteiger partial charge in [-0.05, 0) is 69.6 Å². The first-order valence-corrected chi connectivity index (χ1v) is 11.3. The second-order valence-corrected chi connectivity index (χ2v) is 8.71. The number of nitrogens with one attached hydrogen (secondary N) is 1. The van der Waals surface area contributed by atoms with Gasteiger partial charge in [0.15, 0.2) is 5.11 Å². The maximum Gasteiger partial charge on any atom is 0.273 e. The molecule has 1 N–H and O–H groups in total. The molecule has 178 valence electrons. The van der Waals surface area contributed by atoms with Crippen molar-refractivity contribution in [3.05, 3.63) is 76.3 Å². The lowest BCUT2D eigenvalue weighted by Gasteiger charge is -2.26. The van der Waals surface area contributed by atoms with E-state index in [0.29, 0.717) is 22.2 Å². The van der Waals surface area contributed by atoms with Crippen LogP contribution < -0.4 is 10.1 Å². The summed E-state index contributed by atoms with van der Waals surface area (Å²) >= 11 is 5.70. The number of thiocarbonyl (C=S) groups is 1. The lowest BCUT2D eigenvalue weighted by atomic mass is 10.0. The molecule has 34 heavy (non-hydrogen) atoms. The second kappa shape index (κ2) is 10.2. The van der Waals surface area contributed by atoms with Crippen molar-refractivity contribution in [3.8, 4) is 17.1 Å². The number of benzene rings is 1. The van der Waals surface area contributed by atoms with E-state index in [9.17, 15) is 10.1 Å². The Balaban J connectivity index is 1.69. The van der Waals surface area contributed by atoms with Gasteiger partial charge in [0.25, 0.3) is 5.69 Å². The first kappa shape index (κ1) is 23.7. The van der Waals surface area contributed by atoms with Gasteiger partial charge in [0.05, 0.1) is 35.4 Å². The van der Waals surface area contributed by atoms with Crippen LogP contribution in [0.2, 0.25) is 0 Å². The number of hydrogen-bond donors (Lipinski definition) is 1. The minimum absolute atomic E-state index is 0.0417. The molecule has 0 unspecified atom stereocenters. The Hall–Kier alpha value is -3.50. The minimum Gasteiger partial charge on any atom is -0.496 e. The number of methoxy groups -OCH3 is 1. The number of nitrogens with zero attached hydrogens (tertiary/aromatic N) is 4. The van der Waals surface area contributed by atoms with Crippen LogP contribution in [0, 0.1) is 10.1 Å². The number of furan rings is 1. The molecule has 2 aromatic heterocycles. The SMILES string of the molecule is COc1cc([N+](=O)[O-])ccc1-c1ccc([C@@H]2[C@@H](c3ccccn3)NC(=S)N2CCCN(C)C)o1. The zero-order valence-electron chi connectivity index (χ0n) is 19.3. The Bertz CT molecular complexity index is 1170. The van der Waals surface area contributed by atoms with Gasteiger partial charge in [-0.3, -0.25) is 15.1 Å². The van der Waals surface area contributed by atoms with Crippen LogP contribution in [-0.2, 0) is 0 Å². The molecule has 1 aliphatic rings. The Morgan fingerprint density at radius 3 is 2.76 bits per heavy atom. The van der Waals surface area contributed by atoms with E-state index in [4.69, 9.17) is 21.4 Å². The standard InChI is InChI=1S/C24H27N5O4S/c1-27(2)13-6-14-28-23(22(26-24(28)34)18-7-4-5-12-25-18)20-11-10-19(33-20)17-9-8-16(29(30)31)15-21(17)32-3/h4-5,7-12,15,22-23H,6,13-14H2,1-3H3,(H,26,34)/t22-,23-/m1/s1. The van der Waals surface area contributed by atoms with Gasteiger partial charge in [0.1, 0.15) is 23.3 Å². The summed E-state index contributed by atoms with van der Waals surface area (Å²) in [5, 5.41) is 15.2. The zero-order chi connectivity index (χ0) is 24.2. The van der Waals surface area contributed by atoms with Crippen molar-refractivity contribution >= 4 is 23.0 Å². The van der Waals surface area contributed by atoms with E-state index < -0.39 is 4.92 Å². The van der Waals surface area contributed by atoms with Crippen LogP contribution in [0.25, 0.3) is 11.3 Å². The van der Waals surface area contributed by atoms with E-state index in [0.717, 1.165) is 31.0 Å². The number of non-ortho nitro benzene ring substituents is 1. The summed E-state index contributed by atoms with van der Waals surface area (Å²) in [5.74, 6) is 1.66. The molecule has 2 atom stereocenters. The quantitative estimate of drug-likeness (QED) is 0.274. The molecule has 0 bridgehead atoms. The molecule has 9 nitrogen and oxygen atoms in total. The molecule has 1 aromatic carbocycles. The molecule has 1 saturated heterocycles. The fourth-order valence-electron chi connectivity index (χ4n) is 4.17. The molecule has 1 aliphatic heterocycles. The van der Waals surface area contributed by atoms with Gasteiger partial charge >= 0.3 is 0 Å². The van der Waals surface area contributed by atoms with Crippen molar-refractivity contribution in [1.82, 2.24) is 20.1 Å². The van der Waals surface area contributed by atoms with Gasteiger partial charge in [-0.15, -0.1) is 0 Å². The lowest BCUT2D eigenvalue weighted by molar-refractivity contribution is -0.384. The van der Waals surface area contributed by atoms with Gasteiger partial charge in [0, 0.05) is 18.8 Å². The van der Waals surface area contributed by atoms with E-state index in [1.54, 1.807) is 12.3 Å². The molecule has 0 aliphatic carbocycles. The van der Waals surface area contributed by atoms with E-state index in [-0.39, 0.29) is 17.8 Å². The van der Waals surface area contributed by atoms with Crippen molar-refractivity contribution in [2.75, 3.05) is 34.3 Å². The number of rotatable bonds is 9. The number of ether oxygens (including phenoxy) is 1. The summed E-state index contributed by atoms with van der Waals surface area (Å²) in [6, 6.07) is 13.7. The molecule has 10 heteroatoms. The Morgan fingerprint density at radius 1 is 1.26 bits per heavy atom. The predicted octanol–water partition coefficient (Wildman–Crippen LogP) is 4.18. The fraction of sp³-hybridized carbons (Fsp3) is 0.333. The molecule has 4 rings (SSSR count). The van der Waals surface area contributed by atoms with Crippen molar-refractivity contribution in [3.63, 3.8) is 0 Å². The molecule has 3 aromatic rings. The highest BCUT2D eigenvalue weighted by Crippen LogP contribution is 2.42. The van der Waals surface area contributed by atoms with Crippen molar-refractivity contribution in [2.45, 2.75) is 18.5 Å². The summed E-state index contributed by atoms with van der Waals surface area (Å²) in [4.78, 5) is 19.5. The van der Waals surface area contributed by atoms with Crippen LogP contribution in [0.3, 0.4) is 0 Å². The first-order chi connectivity index (χ1) is 16.4. The number of nitro benzene ring substituents is 1. The van der Waals surface area contributed by atoms with E-state index in [2.05, 4.69) is 20.1 Å².